The molecule has 4 N–H and O–H groups in total. The van der Waals surface area contributed by atoms with Crippen molar-refractivity contribution in [2.75, 3.05) is 10.6 Å². The summed E-state index contributed by atoms with van der Waals surface area (Å²) in [4.78, 5) is 13.6. The molecule has 0 radical (unpaired) electrons. The summed E-state index contributed by atoms with van der Waals surface area (Å²) in [6.45, 7) is 3.53. The van der Waals surface area contributed by atoms with E-state index in [2.05, 4.69) is 20.9 Å². The molecule has 5 aromatic rings. The van der Waals surface area contributed by atoms with Gasteiger partial charge in [-0.25, -0.2) is 0 Å². The van der Waals surface area contributed by atoms with E-state index in [1.807, 2.05) is 55.5 Å². The van der Waals surface area contributed by atoms with E-state index in [0.717, 1.165) is 16.5 Å². The van der Waals surface area contributed by atoms with Crippen LogP contribution in [0.4, 0.5) is 22.7 Å². The zero-order valence-corrected chi connectivity index (χ0v) is 24.7. The summed E-state index contributed by atoms with van der Waals surface area (Å²) in [5.41, 5.74) is 4.27. The Labute approximate surface area is 252 Å². The Morgan fingerprint density at radius 3 is 2.37 bits per heavy atom. The van der Waals surface area contributed by atoms with Crippen LogP contribution in [0.1, 0.15) is 32.4 Å². The fourth-order valence-electron chi connectivity index (χ4n) is 4.97. The first kappa shape index (κ1) is 28.4. The third-order valence-electron chi connectivity index (χ3n) is 7.18. The Hall–Kier alpha value is -4.71. The van der Waals surface area contributed by atoms with Crippen LogP contribution in [0.2, 0.25) is 0 Å². The first-order valence-electron chi connectivity index (χ1n) is 13.3. The van der Waals surface area contributed by atoms with Crippen LogP contribution in [0, 0.1) is 13.8 Å². The van der Waals surface area contributed by atoms with Gasteiger partial charge in [0.05, 0.1) is 21.8 Å². The predicted octanol–water partition coefficient (Wildman–Crippen LogP) is 8.29. The molecule has 1 heterocycles. The minimum absolute atomic E-state index is 0.0784. The van der Waals surface area contributed by atoms with Crippen molar-refractivity contribution in [3.05, 3.63) is 113 Å². The Morgan fingerprint density at radius 2 is 1.63 bits per heavy atom. The van der Waals surface area contributed by atoms with Gasteiger partial charge in [-0.05, 0) is 66.3 Å². The van der Waals surface area contributed by atoms with Gasteiger partial charge >= 0.3 is 0 Å². The number of rotatable bonds is 6. The van der Waals surface area contributed by atoms with Crippen molar-refractivity contribution >= 4 is 61.3 Å². The number of aryl methyl sites for hydroxylation is 2. The largest absolute Gasteiger partial charge is 0.505 e. The second-order valence-corrected chi connectivity index (χ2v) is 12.6. The lowest BCUT2D eigenvalue weighted by molar-refractivity contribution is 0.102. The average Bonchev–Trinajstić information content (AvgIpc) is 3.41. The van der Waals surface area contributed by atoms with Crippen LogP contribution in [-0.2, 0) is 10.1 Å². The first-order valence-corrected chi connectivity index (χ1v) is 15.6. The molecule has 11 heteroatoms. The van der Waals surface area contributed by atoms with Gasteiger partial charge in [0.15, 0.2) is 5.75 Å². The number of fused-ring (bicyclic) bond motifs is 2. The van der Waals surface area contributed by atoms with Gasteiger partial charge in [0.2, 0.25) is 0 Å². The van der Waals surface area contributed by atoms with E-state index in [9.17, 15) is 22.9 Å². The highest BCUT2D eigenvalue weighted by molar-refractivity contribution is 8.00. The maximum atomic E-state index is 13.2. The number of nitrogens with one attached hydrogen (secondary N) is 2. The first-order chi connectivity index (χ1) is 20.6. The lowest BCUT2D eigenvalue weighted by atomic mass is 10.0. The molecule has 43 heavy (non-hydrogen) atoms. The number of thioether (sulfide) groups is 1. The summed E-state index contributed by atoms with van der Waals surface area (Å²) >= 11 is 1.31. The van der Waals surface area contributed by atoms with Crippen molar-refractivity contribution in [3.8, 4) is 5.75 Å². The van der Waals surface area contributed by atoms with E-state index in [1.54, 1.807) is 49.4 Å². The number of hydrogen-bond donors (Lipinski definition) is 4. The molecule has 0 aromatic heterocycles. The lowest BCUT2D eigenvalue weighted by Gasteiger charge is -2.12. The summed E-state index contributed by atoms with van der Waals surface area (Å²) in [5, 5.41) is 27.1. The van der Waals surface area contributed by atoms with Crippen LogP contribution >= 0.6 is 11.8 Å². The number of hydrogen-bond acceptors (Lipinski definition) is 8. The van der Waals surface area contributed by atoms with Crippen molar-refractivity contribution in [1.29, 1.82) is 0 Å². The third-order valence-corrected chi connectivity index (χ3v) is 9.64. The van der Waals surface area contributed by atoms with Crippen molar-refractivity contribution in [2.45, 2.75) is 29.0 Å². The molecular weight excluding hydrogens is 585 g/mol. The van der Waals surface area contributed by atoms with Crippen molar-refractivity contribution < 1.29 is 22.9 Å². The second-order valence-electron chi connectivity index (χ2n) is 10.1. The summed E-state index contributed by atoms with van der Waals surface area (Å²) in [7, 11) is -4.38. The molecule has 1 atom stereocenters. The molecule has 9 nitrogen and oxygen atoms in total. The highest BCUT2D eigenvalue weighted by Crippen LogP contribution is 2.50. The van der Waals surface area contributed by atoms with Crippen molar-refractivity contribution in [2.24, 2.45) is 10.2 Å². The molecule has 0 saturated carbocycles. The van der Waals surface area contributed by atoms with Gasteiger partial charge in [0.25, 0.3) is 16.0 Å². The average molecular weight is 611 g/mol. The van der Waals surface area contributed by atoms with E-state index in [0.29, 0.717) is 32.9 Å². The smallest absolute Gasteiger partial charge is 0.295 e. The van der Waals surface area contributed by atoms with Crippen molar-refractivity contribution in [3.63, 3.8) is 0 Å². The summed E-state index contributed by atoms with van der Waals surface area (Å²) in [5.74, 6) is -0.743. The summed E-state index contributed by atoms with van der Waals surface area (Å²) in [6, 6.07) is 27.0. The lowest BCUT2D eigenvalue weighted by Crippen LogP contribution is -2.13. The van der Waals surface area contributed by atoms with Gasteiger partial charge in [-0.1, -0.05) is 72.4 Å². The topological polar surface area (TPSA) is 140 Å². The van der Waals surface area contributed by atoms with E-state index in [4.69, 9.17) is 0 Å². The second kappa shape index (κ2) is 11.2. The molecule has 0 spiro atoms. The molecule has 6 rings (SSSR count). The normalized spacial score (nSPS) is 14.5. The SMILES string of the molecule is Cc1ccccc1NC(=O)c1cc2ccccc2c(N=Nc2ccc(C3Nc4ccc(C)c(S(=O)(=O)O)c4S3)cc2)c1O. The summed E-state index contributed by atoms with van der Waals surface area (Å²) < 4.78 is 33.8. The molecule has 1 aliphatic heterocycles. The number of phenols is 1. The van der Waals surface area contributed by atoms with Crippen LogP contribution in [0.15, 0.2) is 111 Å². The molecule has 0 bridgehead atoms. The van der Waals surface area contributed by atoms with Gasteiger partial charge in [-0.2, -0.15) is 13.5 Å². The minimum Gasteiger partial charge on any atom is -0.505 e. The molecule has 0 aliphatic carbocycles. The number of phenolic OH excluding ortho intramolecular Hbond substituents is 1. The van der Waals surface area contributed by atoms with Gasteiger partial charge in [-0.3, -0.25) is 9.35 Å². The zero-order chi connectivity index (χ0) is 30.3. The number of amides is 1. The van der Waals surface area contributed by atoms with E-state index in [-0.39, 0.29) is 27.3 Å². The Kier molecular flexibility index (Phi) is 7.38. The quantitative estimate of drug-likeness (QED) is 0.112. The molecule has 1 amide bonds. The third kappa shape index (κ3) is 5.57. The molecule has 5 aromatic carbocycles. The molecule has 1 unspecified atom stereocenters. The fraction of sp³-hybridized carbons (Fsp3) is 0.0938. The fourth-order valence-corrected chi connectivity index (χ4v) is 7.49. The molecule has 216 valence electrons. The number of anilines is 2. The number of carbonyl (C=O) groups is 1. The van der Waals surface area contributed by atoms with E-state index >= 15 is 0 Å². The highest BCUT2D eigenvalue weighted by Gasteiger charge is 2.30. The van der Waals surface area contributed by atoms with Gasteiger partial charge in [-0.15, -0.1) is 5.11 Å². The predicted molar refractivity (Wildman–Crippen MR) is 169 cm³/mol. The number of benzene rings is 5. The van der Waals surface area contributed by atoms with Gasteiger partial charge in [0, 0.05) is 11.1 Å². The van der Waals surface area contributed by atoms with Crippen LogP contribution in [0.25, 0.3) is 10.8 Å². The molecule has 0 fully saturated rings. The number of aromatic hydroxyl groups is 1. The van der Waals surface area contributed by atoms with Crippen LogP contribution in [0.5, 0.6) is 5.75 Å². The maximum absolute atomic E-state index is 13.2. The van der Waals surface area contributed by atoms with Gasteiger partial charge < -0.3 is 15.7 Å². The van der Waals surface area contributed by atoms with E-state index < -0.39 is 16.0 Å². The Balaban J connectivity index is 1.27. The molecule has 0 saturated heterocycles. The number of azo groups is 1. The Bertz CT molecular complexity index is 2040. The number of para-hydroxylation sites is 1. The van der Waals surface area contributed by atoms with E-state index in [1.165, 1.54) is 11.8 Å². The highest BCUT2D eigenvalue weighted by atomic mass is 32.2. The monoisotopic (exact) mass is 610 g/mol. The zero-order valence-electron chi connectivity index (χ0n) is 23.1. The Morgan fingerprint density at radius 1 is 0.907 bits per heavy atom. The summed E-state index contributed by atoms with van der Waals surface area (Å²) in [6.07, 6.45) is 0. The number of nitrogens with zero attached hydrogens (tertiary/aromatic N) is 2. The molecule has 1 aliphatic rings. The standard InChI is InChI=1S/C32H26N4O5S2/c1-18-7-3-6-10-25(18)33-31(38)24-17-21-8-4-5-9-23(21)27(28(24)37)36-35-22-14-12-20(13-15-22)32-34-26-16-11-19(2)30(29(26)42-32)43(39,40)41/h3-17,32,34,37H,1-2H3,(H,33,38)(H,39,40,41). The molecular formula is C32H26N4O5S2. The van der Waals surface area contributed by atoms with Crippen molar-refractivity contribution in [1.82, 2.24) is 0 Å². The number of carbonyl (C=O) groups excluding carboxylic acids is 1. The van der Waals surface area contributed by atoms with Crippen LogP contribution in [0.3, 0.4) is 0 Å². The van der Waals surface area contributed by atoms with Crippen LogP contribution in [-0.4, -0.2) is 24.0 Å². The van der Waals surface area contributed by atoms with Crippen LogP contribution < -0.4 is 10.6 Å². The maximum Gasteiger partial charge on any atom is 0.295 e. The van der Waals surface area contributed by atoms with Gasteiger partial charge in [0.1, 0.15) is 16.0 Å². The minimum atomic E-state index is -4.38.